The van der Waals surface area contributed by atoms with Gasteiger partial charge in [-0.05, 0) is 24.7 Å². The SMILES string of the molecule is CCNCc1cccnc1Oc1ccc(F)cc1[N+](=O)[O-]. The average Bonchev–Trinajstić information content (AvgIpc) is 2.48. The molecule has 0 saturated heterocycles. The van der Waals surface area contributed by atoms with Crippen LogP contribution in [0.15, 0.2) is 36.5 Å². The van der Waals surface area contributed by atoms with E-state index in [0.717, 1.165) is 24.2 Å². The highest BCUT2D eigenvalue weighted by atomic mass is 19.1. The average molecular weight is 291 g/mol. The summed E-state index contributed by atoms with van der Waals surface area (Å²) in [4.78, 5) is 14.3. The number of aromatic nitrogens is 1. The predicted molar refractivity (Wildman–Crippen MR) is 74.7 cm³/mol. The lowest BCUT2D eigenvalue weighted by atomic mass is 10.2. The molecule has 0 radical (unpaired) electrons. The third-order valence-corrected chi connectivity index (χ3v) is 2.74. The van der Waals surface area contributed by atoms with Gasteiger partial charge in [0, 0.05) is 18.3 Å². The molecule has 0 bridgehead atoms. The topological polar surface area (TPSA) is 77.3 Å². The summed E-state index contributed by atoms with van der Waals surface area (Å²) in [5.41, 5.74) is 0.327. The van der Waals surface area contributed by atoms with E-state index in [1.807, 2.05) is 6.92 Å². The first-order valence-corrected chi connectivity index (χ1v) is 6.38. The van der Waals surface area contributed by atoms with Crippen LogP contribution in [-0.2, 0) is 6.54 Å². The number of nitro benzene ring substituents is 1. The summed E-state index contributed by atoms with van der Waals surface area (Å²) in [6.07, 6.45) is 1.53. The summed E-state index contributed by atoms with van der Waals surface area (Å²) in [5, 5.41) is 14.1. The van der Waals surface area contributed by atoms with Crippen molar-refractivity contribution >= 4 is 5.69 Å². The van der Waals surface area contributed by atoms with Crippen molar-refractivity contribution in [1.82, 2.24) is 10.3 Å². The highest BCUT2D eigenvalue weighted by molar-refractivity contribution is 5.48. The van der Waals surface area contributed by atoms with E-state index in [-0.39, 0.29) is 11.6 Å². The number of hydrogen-bond donors (Lipinski definition) is 1. The highest BCUT2D eigenvalue weighted by Crippen LogP contribution is 2.32. The van der Waals surface area contributed by atoms with Crippen molar-refractivity contribution in [3.63, 3.8) is 0 Å². The molecule has 2 aromatic rings. The Labute approximate surface area is 120 Å². The standard InChI is InChI=1S/C14H14FN3O3/c1-2-16-9-10-4-3-7-17-14(10)21-13-6-5-11(15)8-12(13)18(19)20/h3-8,16H,2,9H2,1H3. The van der Waals surface area contributed by atoms with E-state index < -0.39 is 16.4 Å². The Hall–Kier alpha value is -2.54. The number of pyridine rings is 1. The van der Waals surface area contributed by atoms with Crippen LogP contribution in [0.5, 0.6) is 11.6 Å². The fourth-order valence-electron chi connectivity index (χ4n) is 1.73. The van der Waals surface area contributed by atoms with Crippen molar-refractivity contribution in [2.45, 2.75) is 13.5 Å². The molecule has 110 valence electrons. The minimum absolute atomic E-state index is 0.0437. The van der Waals surface area contributed by atoms with E-state index in [1.54, 1.807) is 12.1 Å². The van der Waals surface area contributed by atoms with E-state index in [4.69, 9.17) is 4.74 Å². The van der Waals surface area contributed by atoms with Gasteiger partial charge in [0.05, 0.1) is 11.0 Å². The number of ether oxygens (including phenoxy) is 1. The van der Waals surface area contributed by atoms with Crippen molar-refractivity contribution in [3.8, 4) is 11.6 Å². The molecule has 0 atom stereocenters. The lowest BCUT2D eigenvalue weighted by molar-refractivity contribution is -0.385. The zero-order valence-corrected chi connectivity index (χ0v) is 11.4. The predicted octanol–water partition coefficient (Wildman–Crippen LogP) is 3.03. The first kappa shape index (κ1) is 14.9. The summed E-state index contributed by atoms with van der Waals surface area (Å²) in [6, 6.07) is 6.70. The fraction of sp³-hybridized carbons (Fsp3) is 0.214. The number of nitrogens with one attached hydrogen (secondary N) is 1. The van der Waals surface area contributed by atoms with Crippen LogP contribution in [0.25, 0.3) is 0 Å². The Morgan fingerprint density at radius 2 is 2.24 bits per heavy atom. The molecular formula is C14H14FN3O3. The number of nitrogens with zero attached hydrogens (tertiary/aromatic N) is 2. The van der Waals surface area contributed by atoms with E-state index in [2.05, 4.69) is 10.3 Å². The van der Waals surface area contributed by atoms with Crippen molar-refractivity contribution in [2.75, 3.05) is 6.54 Å². The van der Waals surface area contributed by atoms with Gasteiger partial charge < -0.3 is 10.1 Å². The molecule has 0 aliphatic heterocycles. The number of halogens is 1. The van der Waals surface area contributed by atoms with Crippen LogP contribution >= 0.6 is 0 Å². The second-order valence-corrected chi connectivity index (χ2v) is 4.22. The van der Waals surface area contributed by atoms with Gasteiger partial charge in [-0.3, -0.25) is 10.1 Å². The summed E-state index contributed by atoms with van der Waals surface area (Å²) in [5.74, 6) is -0.478. The van der Waals surface area contributed by atoms with Crippen molar-refractivity contribution in [1.29, 1.82) is 0 Å². The monoisotopic (exact) mass is 291 g/mol. The minimum Gasteiger partial charge on any atom is -0.431 e. The molecule has 1 aromatic carbocycles. The first-order chi connectivity index (χ1) is 10.1. The van der Waals surface area contributed by atoms with Gasteiger partial charge in [0.2, 0.25) is 11.6 Å². The number of hydrogen-bond acceptors (Lipinski definition) is 5. The summed E-state index contributed by atoms with van der Waals surface area (Å²) in [6.45, 7) is 3.25. The Morgan fingerprint density at radius 3 is 2.95 bits per heavy atom. The van der Waals surface area contributed by atoms with Crippen LogP contribution in [0.1, 0.15) is 12.5 Å². The van der Waals surface area contributed by atoms with Gasteiger partial charge in [-0.2, -0.15) is 0 Å². The Bertz CT molecular complexity index is 649. The molecule has 0 aliphatic carbocycles. The third kappa shape index (κ3) is 3.73. The van der Waals surface area contributed by atoms with Gasteiger partial charge in [0.1, 0.15) is 5.82 Å². The second-order valence-electron chi connectivity index (χ2n) is 4.22. The summed E-state index contributed by atoms with van der Waals surface area (Å²) < 4.78 is 18.6. The van der Waals surface area contributed by atoms with Crippen LogP contribution in [0.4, 0.5) is 10.1 Å². The number of rotatable bonds is 6. The largest absolute Gasteiger partial charge is 0.431 e. The zero-order chi connectivity index (χ0) is 15.2. The Kier molecular flexibility index (Phi) is 4.78. The molecule has 2 rings (SSSR count). The van der Waals surface area contributed by atoms with E-state index in [9.17, 15) is 14.5 Å². The summed E-state index contributed by atoms with van der Waals surface area (Å²) in [7, 11) is 0. The maximum absolute atomic E-state index is 13.1. The molecule has 0 unspecified atom stereocenters. The maximum Gasteiger partial charge on any atom is 0.314 e. The van der Waals surface area contributed by atoms with Crippen molar-refractivity contribution in [3.05, 3.63) is 58.0 Å². The normalized spacial score (nSPS) is 10.4. The second kappa shape index (κ2) is 6.76. The van der Waals surface area contributed by atoms with E-state index >= 15 is 0 Å². The Morgan fingerprint density at radius 1 is 1.43 bits per heavy atom. The molecule has 0 spiro atoms. The van der Waals surface area contributed by atoms with Crippen LogP contribution in [0.3, 0.4) is 0 Å². The van der Waals surface area contributed by atoms with E-state index in [1.165, 1.54) is 12.3 Å². The Balaban J connectivity index is 2.32. The lowest BCUT2D eigenvalue weighted by Gasteiger charge is -2.10. The van der Waals surface area contributed by atoms with Crippen molar-refractivity contribution < 1.29 is 14.1 Å². The quantitative estimate of drug-likeness (QED) is 0.654. The maximum atomic E-state index is 13.1. The van der Waals surface area contributed by atoms with Crippen LogP contribution < -0.4 is 10.1 Å². The molecule has 1 N–H and O–H groups in total. The molecule has 1 heterocycles. The molecule has 6 nitrogen and oxygen atoms in total. The third-order valence-electron chi connectivity index (χ3n) is 2.74. The molecule has 1 aromatic heterocycles. The molecular weight excluding hydrogens is 277 g/mol. The molecule has 0 aliphatic rings. The number of benzene rings is 1. The summed E-state index contributed by atoms with van der Waals surface area (Å²) >= 11 is 0. The van der Waals surface area contributed by atoms with Gasteiger partial charge in [-0.25, -0.2) is 9.37 Å². The van der Waals surface area contributed by atoms with Crippen LogP contribution in [-0.4, -0.2) is 16.5 Å². The molecule has 0 amide bonds. The minimum atomic E-state index is -0.692. The van der Waals surface area contributed by atoms with Gasteiger partial charge >= 0.3 is 5.69 Å². The first-order valence-electron chi connectivity index (χ1n) is 6.38. The van der Waals surface area contributed by atoms with Gasteiger partial charge in [0.15, 0.2) is 0 Å². The molecule has 0 fully saturated rings. The molecule has 21 heavy (non-hydrogen) atoms. The fourth-order valence-corrected chi connectivity index (χ4v) is 1.73. The van der Waals surface area contributed by atoms with Crippen LogP contribution in [0.2, 0.25) is 0 Å². The molecule has 7 heteroatoms. The van der Waals surface area contributed by atoms with Gasteiger partial charge in [0.25, 0.3) is 0 Å². The molecule has 0 saturated carbocycles. The number of nitro groups is 1. The van der Waals surface area contributed by atoms with Gasteiger partial charge in [-0.1, -0.05) is 13.0 Å². The highest BCUT2D eigenvalue weighted by Gasteiger charge is 2.18. The van der Waals surface area contributed by atoms with Gasteiger partial charge in [-0.15, -0.1) is 0 Å². The van der Waals surface area contributed by atoms with E-state index in [0.29, 0.717) is 6.54 Å². The lowest BCUT2D eigenvalue weighted by Crippen LogP contribution is -2.12. The smallest absolute Gasteiger partial charge is 0.314 e. The van der Waals surface area contributed by atoms with Crippen LogP contribution in [0, 0.1) is 15.9 Å². The zero-order valence-electron chi connectivity index (χ0n) is 11.4. The van der Waals surface area contributed by atoms with Crippen molar-refractivity contribution in [2.24, 2.45) is 0 Å².